The maximum atomic E-state index is 12.5. The van der Waals surface area contributed by atoms with Gasteiger partial charge in [0.15, 0.2) is 5.82 Å². The number of aromatic nitrogens is 3. The maximum absolute atomic E-state index is 12.5. The Morgan fingerprint density at radius 3 is 2.54 bits per heavy atom. The third kappa shape index (κ3) is 2.71. The van der Waals surface area contributed by atoms with E-state index in [2.05, 4.69) is 10.1 Å². The van der Waals surface area contributed by atoms with Crippen molar-refractivity contribution in [3.8, 4) is 11.4 Å². The van der Waals surface area contributed by atoms with E-state index >= 15 is 0 Å². The molecule has 0 unspecified atom stereocenters. The van der Waals surface area contributed by atoms with Crippen molar-refractivity contribution in [1.82, 2.24) is 14.6 Å². The number of halogens is 2. The molecule has 4 nitrogen and oxygen atoms in total. The van der Waals surface area contributed by atoms with Crippen molar-refractivity contribution in [2.24, 2.45) is 0 Å². The monoisotopic (exact) mass is 373 g/mol. The van der Waals surface area contributed by atoms with E-state index in [-0.39, 0.29) is 5.56 Å². The molecular formula is C17H9Cl2N3OS. The van der Waals surface area contributed by atoms with E-state index in [0.717, 1.165) is 11.1 Å². The van der Waals surface area contributed by atoms with E-state index in [0.29, 0.717) is 25.4 Å². The quantitative estimate of drug-likeness (QED) is 0.538. The van der Waals surface area contributed by atoms with Crippen molar-refractivity contribution in [3.05, 3.63) is 79.0 Å². The highest BCUT2D eigenvalue weighted by Gasteiger charge is 2.11. The summed E-state index contributed by atoms with van der Waals surface area (Å²) in [5.41, 5.74) is 1.48. The molecule has 7 heteroatoms. The van der Waals surface area contributed by atoms with Crippen LogP contribution in [-0.4, -0.2) is 14.6 Å². The molecule has 24 heavy (non-hydrogen) atoms. The van der Waals surface area contributed by atoms with Gasteiger partial charge in [0, 0.05) is 5.56 Å². The molecule has 0 saturated heterocycles. The Morgan fingerprint density at radius 2 is 1.83 bits per heavy atom. The van der Waals surface area contributed by atoms with Crippen molar-refractivity contribution < 1.29 is 0 Å². The Hall–Kier alpha value is -2.21. The fraction of sp³-hybridized carbons (Fsp3) is 0. The fourth-order valence-corrected chi connectivity index (χ4v) is 3.51. The first kappa shape index (κ1) is 15.3. The lowest BCUT2D eigenvalue weighted by Gasteiger charge is -1.96. The largest absolute Gasteiger partial charge is 0.291 e. The van der Waals surface area contributed by atoms with Gasteiger partial charge in [0.1, 0.15) is 0 Å². The lowest BCUT2D eigenvalue weighted by atomic mass is 10.2. The van der Waals surface area contributed by atoms with Crippen LogP contribution >= 0.6 is 34.5 Å². The molecule has 0 atom stereocenters. The van der Waals surface area contributed by atoms with Gasteiger partial charge in [0.05, 0.1) is 14.6 Å². The van der Waals surface area contributed by atoms with Crippen LogP contribution in [0, 0.1) is 0 Å². The van der Waals surface area contributed by atoms with Gasteiger partial charge in [0.2, 0.25) is 4.96 Å². The molecule has 0 aliphatic heterocycles. The minimum atomic E-state index is -0.198. The molecule has 0 spiro atoms. The van der Waals surface area contributed by atoms with Crippen molar-refractivity contribution in [3.63, 3.8) is 0 Å². The summed E-state index contributed by atoms with van der Waals surface area (Å²) in [4.78, 5) is 17.5. The zero-order chi connectivity index (χ0) is 16.7. The van der Waals surface area contributed by atoms with Gasteiger partial charge in [-0.3, -0.25) is 4.79 Å². The van der Waals surface area contributed by atoms with E-state index in [4.69, 9.17) is 23.2 Å². The Kier molecular flexibility index (Phi) is 3.84. The molecule has 0 aliphatic rings. The average Bonchev–Trinajstić information content (AvgIpc) is 3.12. The van der Waals surface area contributed by atoms with E-state index in [1.54, 1.807) is 24.3 Å². The van der Waals surface area contributed by atoms with E-state index < -0.39 is 0 Å². The van der Waals surface area contributed by atoms with Crippen molar-refractivity contribution in [1.29, 1.82) is 0 Å². The van der Waals surface area contributed by atoms with E-state index in [1.165, 1.54) is 15.9 Å². The summed E-state index contributed by atoms with van der Waals surface area (Å²) in [5, 5.41) is 5.24. The van der Waals surface area contributed by atoms with Crippen LogP contribution in [-0.2, 0) is 0 Å². The van der Waals surface area contributed by atoms with Crippen LogP contribution in [0.1, 0.15) is 5.56 Å². The van der Waals surface area contributed by atoms with Gasteiger partial charge in [0.25, 0.3) is 5.56 Å². The molecule has 2 heterocycles. The molecular weight excluding hydrogens is 365 g/mol. The number of rotatable bonds is 2. The van der Waals surface area contributed by atoms with Crippen molar-refractivity contribution in [2.45, 2.75) is 0 Å². The Bertz CT molecular complexity index is 1150. The van der Waals surface area contributed by atoms with Gasteiger partial charge in [-0.05, 0) is 23.8 Å². The first-order valence-corrected chi connectivity index (χ1v) is 8.61. The second-order valence-corrected chi connectivity index (χ2v) is 6.91. The van der Waals surface area contributed by atoms with Gasteiger partial charge < -0.3 is 0 Å². The van der Waals surface area contributed by atoms with Crippen LogP contribution in [0.5, 0.6) is 0 Å². The minimum Gasteiger partial charge on any atom is -0.266 e. The zero-order valence-corrected chi connectivity index (χ0v) is 14.4. The van der Waals surface area contributed by atoms with E-state index in [1.807, 2.05) is 30.3 Å². The average molecular weight is 374 g/mol. The van der Waals surface area contributed by atoms with Gasteiger partial charge in [-0.25, -0.2) is 0 Å². The summed E-state index contributed by atoms with van der Waals surface area (Å²) in [6.07, 6.45) is 1.76. The molecule has 2 aromatic carbocycles. The molecule has 0 amide bonds. The summed E-state index contributed by atoms with van der Waals surface area (Å²) in [7, 11) is 0. The topological polar surface area (TPSA) is 47.3 Å². The number of hydrogen-bond acceptors (Lipinski definition) is 4. The normalized spacial score (nSPS) is 12.2. The fourth-order valence-electron chi connectivity index (χ4n) is 2.30. The minimum absolute atomic E-state index is 0.198. The van der Waals surface area contributed by atoms with E-state index in [9.17, 15) is 4.79 Å². The third-order valence-corrected chi connectivity index (χ3v) is 5.15. The second kappa shape index (κ2) is 6.02. The van der Waals surface area contributed by atoms with Gasteiger partial charge in [-0.1, -0.05) is 70.9 Å². The molecule has 0 radical (unpaired) electrons. The van der Waals surface area contributed by atoms with Crippen LogP contribution < -0.4 is 10.1 Å². The molecule has 4 aromatic rings. The van der Waals surface area contributed by atoms with Crippen LogP contribution in [0.4, 0.5) is 0 Å². The lowest BCUT2D eigenvalue weighted by Crippen LogP contribution is -2.23. The first-order chi connectivity index (χ1) is 11.6. The predicted molar refractivity (Wildman–Crippen MR) is 97.8 cm³/mol. The highest BCUT2D eigenvalue weighted by Crippen LogP contribution is 2.23. The van der Waals surface area contributed by atoms with Gasteiger partial charge in [-0.2, -0.15) is 9.50 Å². The lowest BCUT2D eigenvalue weighted by molar-refractivity contribution is 0.937. The molecule has 0 saturated carbocycles. The highest BCUT2D eigenvalue weighted by atomic mass is 35.5. The summed E-state index contributed by atoms with van der Waals surface area (Å²) >= 11 is 13.2. The van der Waals surface area contributed by atoms with Crippen LogP contribution in [0.15, 0.2) is 53.3 Å². The van der Waals surface area contributed by atoms with Crippen LogP contribution in [0.2, 0.25) is 10.0 Å². The highest BCUT2D eigenvalue weighted by molar-refractivity contribution is 7.15. The smallest absolute Gasteiger partial charge is 0.266 e. The maximum Gasteiger partial charge on any atom is 0.291 e. The number of thiazole rings is 1. The summed E-state index contributed by atoms with van der Waals surface area (Å²) < 4.78 is 1.87. The number of benzene rings is 2. The Labute approximate surface area is 150 Å². The molecule has 2 aromatic heterocycles. The molecule has 0 N–H and O–H groups in total. The van der Waals surface area contributed by atoms with Crippen LogP contribution in [0.3, 0.4) is 0 Å². The molecule has 0 bridgehead atoms. The molecule has 4 rings (SSSR count). The molecule has 0 aliphatic carbocycles. The Morgan fingerprint density at radius 1 is 1.04 bits per heavy atom. The molecule has 0 fully saturated rings. The van der Waals surface area contributed by atoms with Gasteiger partial charge in [-0.15, -0.1) is 5.10 Å². The summed E-state index contributed by atoms with van der Waals surface area (Å²) in [6.45, 7) is 0. The van der Waals surface area contributed by atoms with Crippen molar-refractivity contribution >= 4 is 45.6 Å². The second-order valence-electron chi connectivity index (χ2n) is 5.09. The number of hydrogen-bond donors (Lipinski definition) is 0. The Balaban J connectivity index is 1.82. The third-order valence-electron chi connectivity index (χ3n) is 3.46. The predicted octanol–water partition coefficient (Wildman–Crippen LogP) is 3.67. The standard InChI is InChI=1S/C17H9Cl2N3OS/c18-12-7-6-10(8-13(12)19)9-14-16(23)22-17(24-14)20-15(21-22)11-4-2-1-3-5-11/h1-9H/b14-9+. The van der Waals surface area contributed by atoms with Crippen LogP contribution in [0.25, 0.3) is 22.4 Å². The van der Waals surface area contributed by atoms with Gasteiger partial charge >= 0.3 is 0 Å². The SMILES string of the molecule is O=c1/c(=C\c2ccc(Cl)c(Cl)c2)sc2nc(-c3ccccc3)nn12. The summed E-state index contributed by atoms with van der Waals surface area (Å²) in [6, 6.07) is 14.8. The summed E-state index contributed by atoms with van der Waals surface area (Å²) in [5.74, 6) is 0.542. The number of fused-ring (bicyclic) bond motifs is 1. The number of nitrogens with zero attached hydrogens (tertiary/aromatic N) is 3. The molecule has 118 valence electrons. The van der Waals surface area contributed by atoms with Crippen molar-refractivity contribution in [2.75, 3.05) is 0 Å². The zero-order valence-electron chi connectivity index (χ0n) is 12.1. The first-order valence-electron chi connectivity index (χ1n) is 7.03.